The second-order valence-corrected chi connectivity index (χ2v) is 6.18. The van der Waals surface area contributed by atoms with Crippen LogP contribution in [0.25, 0.3) is 16.6 Å². The molecule has 1 aliphatic rings. The average Bonchev–Trinajstić information content (AvgIpc) is 3.41. The van der Waals surface area contributed by atoms with Gasteiger partial charge in [-0.15, -0.1) is 5.10 Å². The van der Waals surface area contributed by atoms with Crippen LogP contribution in [-0.2, 0) is 6.54 Å². The fourth-order valence-corrected chi connectivity index (χ4v) is 3.09. The third-order valence-electron chi connectivity index (χ3n) is 4.43. The van der Waals surface area contributed by atoms with Gasteiger partial charge in [-0.05, 0) is 37.1 Å². The lowest BCUT2D eigenvalue weighted by atomic mass is 10.2. The molecule has 5 rings (SSSR count). The highest BCUT2D eigenvalue weighted by atomic mass is 16.2. The third kappa shape index (κ3) is 2.03. The Bertz CT molecular complexity index is 1110. The third-order valence-corrected chi connectivity index (χ3v) is 4.43. The molecule has 24 heavy (non-hydrogen) atoms. The fraction of sp³-hybridized carbons (Fsp3) is 0.222. The fourth-order valence-electron chi connectivity index (χ4n) is 3.09. The van der Waals surface area contributed by atoms with Crippen LogP contribution in [0.15, 0.2) is 53.5 Å². The minimum absolute atomic E-state index is 0.143. The summed E-state index contributed by atoms with van der Waals surface area (Å²) < 4.78 is 3.17. The normalized spacial score (nSPS) is 14.5. The van der Waals surface area contributed by atoms with Gasteiger partial charge in [-0.25, -0.2) is 18.9 Å². The number of rotatable bonds is 3. The molecule has 0 amide bonds. The number of pyridine rings is 1. The van der Waals surface area contributed by atoms with Gasteiger partial charge in [0, 0.05) is 17.5 Å². The van der Waals surface area contributed by atoms with E-state index in [-0.39, 0.29) is 5.69 Å². The summed E-state index contributed by atoms with van der Waals surface area (Å²) in [5.41, 5.74) is 2.24. The zero-order valence-corrected chi connectivity index (χ0v) is 13.0. The second kappa shape index (κ2) is 4.99. The molecule has 0 saturated heterocycles. The maximum absolute atomic E-state index is 12.9. The zero-order chi connectivity index (χ0) is 16.1. The van der Waals surface area contributed by atoms with Crippen molar-refractivity contribution in [1.29, 1.82) is 0 Å². The molecule has 3 heterocycles. The Kier molecular flexibility index (Phi) is 2.79. The summed E-state index contributed by atoms with van der Waals surface area (Å²) in [6.45, 7) is 0.361. The molecule has 0 N–H and O–H groups in total. The molecule has 6 nitrogen and oxygen atoms in total. The molecule has 0 spiro atoms. The molecule has 1 saturated carbocycles. The largest absolute Gasteiger partial charge is 0.352 e. The van der Waals surface area contributed by atoms with Gasteiger partial charge in [0.25, 0.3) is 0 Å². The van der Waals surface area contributed by atoms with Gasteiger partial charge in [-0.1, -0.05) is 18.2 Å². The van der Waals surface area contributed by atoms with Crippen molar-refractivity contribution in [3.8, 4) is 0 Å². The molecule has 0 bridgehead atoms. The van der Waals surface area contributed by atoms with Crippen molar-refractivity contribution in [3.05, 3.63) is 70.7 Å². The minimum Gasteiger partial charge on any atom is -0.259 e. The number of hydrogen-bond acceptors (Lipinski definition) is 4. The zero-order valence-electron chi connectivity index (χ0n) is 13.0. The van der Waals surface area contributed by atoms with E-state index in [9.17, 15) is 4.79 Å². The van der Waals surface area contributed by atoms with Crippen molar-refractivity contribution in [2.45, 2.75) is 25.3 Å². The lowest BCUT2D eigenvalue weighted by molar-refractivity contribution is 0.642. The van der Waals surface area contributed by atoms with Crippen LogP contribution in [0.5, 0.6) is 0 Å². The molecule has 1 aromatic carbocycles. The van der Waals surface area contributed by atoms with Crippen LogP contribution >= 0.6 is 0 Å². The van der Waals surface area contributed by atoms with Crippen LogP contribution in [0.2, 0.25) is 0 Å². The SMILES string of the molecule is O=c1n(Cc2ccccn2)nc2c3ccccc3nc(C3CC3)n12. The monoisotopic (exact) mass is 317 g/mol. The van der Waals surface area contributed by atoms with Crippen LogP contribution in [0.3, 0.4) is 0 Å². The Balaban J connectivity index is 1.78. The number of benzene rings is 1. The summed E-state index contributed by atoms with van der Waals surface area (Å²) in [5.74, 6) is 1.20. The molecule has 118 valence electrons. The van der Waals surface area contributed by atoms with Gasteiger partial charge in [0.05, 0.1) is 17.8 Å². The molecular formula is C18H15N5O. The lowest BCUT2D eigenvalue weighted by Gasteiger charge is -2.04. The van der Waals surface area contributed by atoms with Crippen LogP contribution in [0.1, 0.15) is 30.3 Å². The van der Waals surface area contributed by atoms with E-state index in [2.05, 4.69) is 10.1 Å². The predicted molar refractivity (Wildman–Crippen MR) is 90.1 cm³/mol. The first-order valence-corrected chi connectivity index (χ1v) is 8.09. The summed E-state index contributed by atoms with van der Waals surface area (Å²) in [6.07, 6.45) is 3.89. The Labute approximate surface area is 137 Å². The van der Waals surface area contributed by atoms with Gasteiger partial charge < -0.3 is 0 Å². The van der Waals surface area contributed by atoms with E-state index in [1.165, 1.54) is 4.68 Å². The summed E-state index contributed by atoms with van der Waals surface area (Å²) in [5, 5.41) is 5.50. The first-order valence-electron chi connectivity index (χ1n) is 8.09. The lowest BCUT2D eigenvalue weighted by Crippen LogP contribution is -2.24. The highest BCUT2D eigenvalue weighted by Gasteiger charge is 2.30. The van der Waals surface area contributed by atoms with E-state index in [0.29, 0.717) is 18.1 Å². The van der Waals surface area contributed by atoms with Crippen molar-refractivity contribution < 1.29 is 0 Å². The number of aromatic nitrogens is 5. The topological polar surface area (TPSA) is 65.1 Å². The highest BCUT2D eigenvalue weighted by Crippen LogP contribution is 2.39. The Morgan fingerprint density at radius 3 is 2.71 bits per heavy atom. The van der Waals surface area contributed by atoms with Gasteiger partial charge >= 0.3 is 5.69 Å². The molecule has 0 unspecified atom stereocenters. The first-order chi connectivity index (χ1) is 11.8. The Hall–Kier alpha value is -3.02. The summed E-state index contributed by atoms with van der Waals surface area (Å²) in [7, 11) is 0. The number of fused-ring (bicyclic) bond motifs is 3. The quantitative estimate of drug-likeness (QED) is 0.582. The van der Waals surface area contributed by atoms with Crippen molar-refractivity contribution in [3.63, 3.8) is 0 Å². The summed E-state index contributed by atoms with van der Waals surface area (Å²) in [4.78, 5) is 22.0. The smallest absolute Gasteiger partial charge is 0.259 e. The molecule has 1 aliphatic carbocycles. The molecule has 6 heteroatoms. The van der Waals surface area contributed by atoms with Crippen molar-refractivity contribution in [2.24, 2.45) is 0 Å². The van der Waals surface area contributed by atoms with Crippen molar-refractivity contribution in [1.82, 2.24) is 24.1 Å². The van der Waals surface area contributed by atoms with Gasteiger partial charge in [-0.2, -0.15) is 0 Å². The minimum atomic E-state index is -0.143. The van der Waals surface area contributed by atoms with Crippen LogP contribution < -0.4 is 5.69 Å². The Morgan fingerprint density at radius 1 is 1.08 bits per heavy atom. The second-order valence-electron chi connectivity index (χ2n) is 6.18. The summed E-state index contributed by atoms with van der Waals surface area (Å²) >= 11 is 0. The van der Waals surface area contributed by atoms with Crippen molar-refractivity contribution in [2.75, 3.05) is 0 Å². The van der Waals surface area contributed by atoms with E-state index in [1.807, 2.05) is 42.5 Å². The van der Waals surface area contributed by atoms with Crippen LogP contribution in [-0.4, -0.2) is 24.1 Å². The maximum atomic E-state index is 12.9. The van der Waals surface area contributed by atoms with E-state index >= 15 is 0 Å². The van der Waals surface area contributed by atoms with E-state index in [4.69, 9.17) is 4.98 Å². The number of para-hydroxylation sites is 1. The predicted octanol–water partition coefficient (Wildman–Crippen LogP) is 2.36. The molecule has 1 fully saturated rings. The van der Waals surface area contributed by atoms with Gasteiger partial charge in [0.15, 0.2) is 5.65 Å². The van der Waals surface area contributed by atoms with Crippen molar-refractivity contribution >= 4 is 16.6 Å². The van der Waals surface area contributed by atoms with Crippen LogP contribution in [0.4, 0.5) is 0 Å². The Morgan fingerprint density at radius 2 is 1.92 bits per heavy atom. The molecule has 4 aromatic rings. The molecule has 0 aliphatic heterocycles. The molecule has 0 radical (unpaired) electrons. The summed E-state index contributed by atoms with van der Waals surface area (Å²) in [6, 6.07) is 13.5. The number of hydrogen-bond donors (Lipinski definition) is 0. The molecular weight excluding hydrogens is 302 g/mol. The molecule has 0 atom stereocenters. The van der Waals surface area contributed by atoms with Gasteiger partial charge in [0.2, 0.25) is 0 Å². The molecule has 3 aromatic heterocycles. The van der Waals surface area contributed by atoms with E-state index in [1.54, 1.807) is 10.6 Å². The van der Waals surface area contributed by atoms with E-state index < -0.39 is 0 Å². The number of nitrogens with zero attached hydrogens (tertiary/aromatic N) is 5. The average molecular weight is 317 g/mol. The van der Waals surface area contributed by atoms with Crippen LogP contribution in [0, 0.1) is 0 Å². The first kappa shape index (κ1) is 13.4. The standard InChI is InChI=1S/C18H15N5O/c24-18-22(11-13-5-3-4-10-19-13)21-17-14-6-1-2-7-15(14)20-16(23(17)18)12-8-9-12/h1-7,10,12H,8-9,11H2. The van der Waals surface area contributed by atoms with Gasteiger partial charge in [0.1, 0.15) is 5.82 Å². The van der Waals surface area contributed by atoms with E-state index in [0.717, 1.165) is 35.3 Å². The van der Waals surface area contributed by atoms with Gasteiger partial charge in [-0.3, -0.25) is 4.98 Å². The highest BCUT2D eigenvalue weighted by molar-refractivity contribution is 5.91. The maximum Gasteiger partial charge on any atom is 0.352 e.